The number of amides is 7. The van der Waals surface area contributed by atoms with E-state index in [1.807, 2.05) is 0 Å². The molecule has 20 nitrogen and oxygen atoms in total. The molecule has 0 aromatic heterocycles. The number of rotatable bonds is 10. The first-order chi connectivity index (χ1) is 22.9. The molecule has 270 valence electrons. The second-order valence-electron chi connectivity index (χ2n) is 11.3. The standard InChI is InChI=1S/C29H41N7O13/c1-12(38)22-28(48)31-16(7-8-37)24(44)33-18(10-20(30)41)25(45)32-17(9-14-3-5-15(40)6-4-14)26(46)35-23(13(2)39)29(49)34-19(11-21(42)43)27(47)36-22/h3-6,12-13,16-19,22-23,37-40H,7-11H2,1-2H3,(H2,30,41)(H,31,48)(H,32,45)(H,33,44)(H,34,49)(H,35,46)(H,36,47)(H,42,43)/t12-,13-,16+,17+,18+,19+,22+,23+/m1/s1. The molecule has 1 aromatic carbocycles. The van der Waals surface area contributed by atoms with Crippen molar-refractivity contribution in [2.75, 3.05) is 6.61 Å². The van der Waals surface area contributed by atoms with Crippen LogP contribution in [-0.2, 0) is 44.8 Å². The molecule has 7 amide bonds. The first-order valence-corrected chi connectivity index (χ1v) is 15.0. The zero-order valence-electron chi connectivity index (χ0n) is 26.5. The Labute approximate surface area is 279 Å². The number of carboxylic acids is 1. The Hall–Kier alpha value is -5.34. The first kappa shape index (κ1) is 39.8. The minimum Gasteiger partial charge on any atom is -0.508 e. The summed E-state index contributed by atoms with van der Waals surface area (Å²) in [6.45, 7) is 1.47. The van der Waals surface area contributed by atoms with Crippen LogP contribution in [0.15, 0.2) is 24.3 Å². The number of aromatic hydroxyl groups is 1. The Morgan fingerprint density at radius 1 is 0.673 bits per heavy atom. The lowest BCUT2D eigenvalue weighted by Gasteiger charge is -2.30. The number of carboxylic acid groups (broad SMARTS) is 1. The molecule has 0 bridgehead atoms. The van der Waals surface area contributed by atoms with Gasteiger partial charge in [0.1, 0.15) is 42.0 Å². The molecular formula is C29H41N7O13. The van der Waals surface area contributed by atoms with Crippen LogP contribution in [0.3, 0.4) is 0 Å². The van der Waals surface area contributed by atoms with Crippen molar-refractivity contribution in [3.8, 4) is 5.75 Å². The van der Waals surface area contributed by atoms with Gasteiger partial charge in [0.15, 0.2) is 0 Å². The number of carbonyl (C=O) groups excluding carboxylic acids is 7. The number of phenols is 1. The van der Waals surface area contributed by atoms with Gasteiger partial charge in [-0.05, 0) is 38.0 Å². The maximum atomic E-state index is 13.6. The monoisotopic (exact) mass is 695 g/mol. The summed E-state index contributed by atoms with van der Waals surface area (Å²) in [5.74, 6) is -9.84. The summed E-state index contributed by atoms with van der Waals surface area (Å²) in [7, 11) is 0. The Bertz CT molecular complexity index is 1400. The predicted octanol–water partition coefficient (Wildman–Crippen LogP) is -5.65. The van der Waals surface area contributed by atoms with Crippen molar-refractivity contribution in [1.82, 2.24) is 31.9 Å². The molecule has 1 aromatic rings. The van der Waals surface area contributed by atoms with Crippen LogP contribution in [0.25, 0.3) is 0 Å². The van der Waals surface area contributed by atoms with Gasteiger partial charge in [0.2, 0.25) is 41.4 Å². The Balaban J connectivity index is 2.67. The lowest BCUT2D eigenvalue weighted by atomic mass is 10.0. The van der Waals surface area contributed by atoms with Crippen molar-refractivity contribution in [3.63, 3.8) is 0 Å². The number of carbonyl (C=O) groups is 8. The number of hydrogen-bond acceptors (Lipinski definition) is 12. The van der Waals surface area contributed by atoms with E-state index in [4.69, 9.17) is 5.73 Å². The summed E-state index contributed by atoms with van der Waals surface area (Å²) in [5, 5.41) is 62.4. The Kier molecular flexibility index (Phi) is 14.9. The zero-order valence-corrected chi connectivity index (χ0v) is 26.5. The van der Waals surface area contributed by atoms with Gasteiger partial charge in [-0.25, -0.2) is 0 Å². The van der Waals surface area contributed by atoms with E-state index >= 15 is 0 Å². The van der Waals surface area contributed by atoms with Crippen LogP contribution in [0.5, 0.6) is 5.75 Å². The number of hydrogen-bond donors (Lipinski definition) is 12. The van der Waals surface area contributed by atoms with Crippen LogP contribution in [0.4, 0.5) is 0 Å². The smallest absolute Gasteiger partial charge is 0.305 e. The third-order valence-electron chi connectivity index (χ3n) is 7.24. The fourth-order valence-corrected chi connectivity index (χ4v) is 4.66. The van der Waals surface area contributed by atoms with E-state index < -0.39 is 122 Å². The Morgan fingerprint density at radius 3 is 1.55 bits per heavy atom. The van der Waals surface area contributed by atoms with Gasteiger partial charge in [-0.2, -0.15) is 0 Å². The van der Waals surface area contributed by atoms with E-state index in [-0.39, 0.29) is 12.2 Å². The highest BCUT2D eigenvalue weighted by Gasteiger charge is 2.37. The molecule has 20 heteroatoms. The van der Waals surface area contributed by atoms with Crippen LogP contribution < -0.4 is 37.6 Å². The van der Waals surface area contributed by atoms with Crippen LogP contribution in [0.1, 0.15) is 38.7 Å². The second-order valence-corrected chi connectivity index (χ2v) is 11.3. The molecular weight excluding hydrogens is 654 g/mol. The fourth-order valence-electron chi connectivity index (χ4n) is 4.66. The average Bonchev–Trinajstić information content (AvgIpc) is 3.00. The molecule has 1 fully saturated rings. The van der Waals surface area contributed by atoms with Crippen LogP contribution in [-0.4, -0.2) is 128 Å². The van der Waals surface area contributed by atoms with Gasteiger partial charge in [-0.1, -0.05) is 12.1 Å². The highest BCUT2D eigenvalue weighted by molar-refractivity contribution is 6.00. The fraction of sp³-hybridized carbons (Fsp3) is 0.517. The maximum Gasteiger partial charge on any atom is 0.305 e. The summed E-state index contributed by atoms with van der Waals surface area (Å²) >= 11 is 0. The minimum atomic E-state index is -1.92. The van der Waals surface area contributed by atoms with Gasteiger partial charge in [-0.15, -0.1) is 0 Å². The van der Waals surface area contributed by atoms with Gasteiger partial charge in [0.25, 0.3) is 0 Å². The normalized spacial score (nSPS) is 25.9. The number of nitrogens with one attached hydrogen (secondary N) is 6. The summed E-state index contributed by atoms with van der Waals surface area (Å²) in [6, 6.07) is -5.24. The van der Waals surface area contributed by atoms with Gasteiger partial charge in [0, 0.05) is 13.0 Å². The van der Waals surface area contributed by atoms with Crippen LogP contribution in [0, 0.1) is 0 Å². The largest absolute Gasteiger partial charge is 0.508 e. The van der Waals surface area contributed by atoms with E-state index in [2.05, 4.69) is 31.9 Å². The van der Waals surface area contributed by atoms with Gasteiger partial charge in [-0.3, -0.25) is 38.4 Å². The molecule has 0 unspecified atom stereocenters. The topological polar surface area (TPSA) is 336 Å². The highest BCUT2D eigenvalue weighted by Crippen LogP contribution is 2.13. The second kappa shape index (κ2) is 18.3. The van der Waals surface area contributed by atoms with Crippen molar-refractivity contribution in [3.05, 3.63) is 29.8 Å². The lowest BCUT2D eigenvalue weighted by molar-refractivity contribution is -0.142. The summed E-state index contributed by atoms with van der Waals surface area (Å²) in [6.07, 6.45) is -5.97. The molecule has 1 aliphatic rings. The minimum absolute atomic E-state index is 0.124. The van der Waals surface area contributed by atoms with Crippen LogP contribution >= 0.6 is 0 Å². The van der Waals surface area contributed by atoms with Crippen molar-refractivity contribution in [2.45, 2.75) is 88.0 Å². The van der Waals surface area contributed by atoms with Gasteiger partial charge >= 0.3 is 5.97 Å². The summed E-state index contributed by atoms with van der Waals surface area (Å²) in [4.78, 5) is 103. The number of benzene rings is 1. The number of aliphatic hydroxyl groups is 3. The van der Waals surface area contributed by atoms with E-state index in [0.29, 0.717) is 5.56 Å². The van der Waals surface area contributed by atoms with Crippen molar-refractivity contribution < 1.29 is 63.9 Å². The van der Waals surface area contributed by atoms with E-state index in [0.717, 1.165) is 13.8 Å². The molecule has 49 heavy (non-hydrogen) atoms. The highest BCUT2D eigenvalue weighted by atomic mass is 16.4. The van der Waals surface area contributed by atoms with Crippen LogP contribution in [0.2, 0.25) is 0 Å². The number of aliphatic carboxylic acids is 1. The summed E-state index contributed by atoms with van der Waals surface area (Å²) < 4.78 is 0. The molecule has 8 atom stereocenters. The maximum absolute atomic E-state index is 13.6. The predicted molar refractivity (Wildman–Crippen MR) is 165 cm³/mol. The lowest BCUT2D eigenvalue weighted by Crippen LogP contribution is -2.64. The Morgan fingerprint density at radius 2 is 1.08 bits per heavy atom. The molecule has 1 heterocycles. The van der Waals surface area contributed by atoms with Gasteiger partial charge < -0.3 is 63.2 Å². The molecule has 0 aliphatic carbocycles. The molecule has 13 N–H and O–H groups in total. The van der Waals surface area contributed by atoms with Gasteiger partial charge in [0.05, 0.1) is 25.0 Å². The molecule has 1 saturated heterocycles. The molecule has 1 aliphatic heterocycles. The van der Waals surface area contributed by atoms with Crippen molar-refractivity contribution in [1.29, 1.82) is 0 Å². The van der Waals surface area contributed by atoms with E-state index in [1.165, 1.54) is 24.3 Å². The number of primary amides is 1. The average molecular weight is 696 g/mol. The molecule has 0 radical (unpaired) electrons. The number of nitrogens with two attached hydrogens (primary N) is 1. The third-order valence-corrected chi connectivity index (χ3v) is 7.24. The van der Waals surface area contributed by atoms with E-state index in [9.17, 15) is 63.9 Å². The quantitative estimate of drug-likeness (QED) is 0.109. The molecule has 0 spiro atoms. The van der Waals surface area contributed by atoms with Crippen molar-refractivity contribution in [2.24, 2.45) is 5.73 Å². The zero-order chi connectivity index (χ0) is 37.0. The van der Waals surface area contributed by atoms with Crippen molar-refractivity contribution >= 4 is 47.3 Å². The molecule has 2 rings (SSSR count). The third kappa shape index (κ3) is 12.3. The number of aliphatic hydroxyl groups excluding tert-OH is 3. The SMILES string of the molecule is C[C@@H](O)[C@@H]1NC(=O)[C@H](CC(=O)O)NC(=O)[C@H]([C@@H](C)O)NC(=O)[C@H](Cc2ccc(O)cc2)NC(=O)[C@H](CC(N)=O)NC(=O)[C@H](CCO)NC1=O. The number of phenolic OH excluding ortho intramolecular Hbond substituents is 1. The summed E-state index contributed by atoms with van der Waals surface area (Å²) in [5.41, 5.74) is 5.66. The van der Waals surface area contributed by atoms with E-state index in [1.54, 1.807) is 0 Å². The first-order valence-electron chi connectivity index (χ1n) is 15.0. The molecule has 0 saturated carbocycles.